The molecule has 8 heteroatoms. The number of nitrogens with one attached hydrogen (secondary N) is 1. The van der Waals surface area contributed by atoms with E-state index in [9.17, 15) is 13.2 Å². The molecule has 0 aliphatic carbocycles. The van der Waals surface area contributed by atoms with E-state index in [0.29, 0.717) is 23.4 Å². The Morgan fingerprint density at radius 3 is 2.69 bits per heavy atom. The summed E-state index contributed by atoms with van der Waals surface area (Å²) in [5, 5.41) is 6.87. The summed E-state index contributed by atoms with van der Waals surface area (Å²) in [6.45, 7) is 2.30. The summed E-state index contributed by atoms with van der Waals surface area (Å²) in [5.74, 6) is -0.356. The van der Waals surface area contributed by atoms with Crippen molar-refractivity contribution in [2.75, 3.05) is 11.6 Å². The molecule has 0 spiro atoms. The van der Waals surface area contributed by atoms with Crippen LogP contribution >= 0.6 is 0 Å². The first kappa shape index (κ1) is 17.8. The first-order valence-electron chi connectivity index (χ1n) is 7.86. The third kappa shape index (κ3) is 4.15. The van der Waals surface area contributed by atoms with Crippen molar-refractivity contribution in [1.82, 2.24) is 14.8 Å². The number of hydrogen-bond donors (Lipinski definition) is 1. The lowest BCUT2D eigenvalue weighted by Crippen LogP contribution is -2.14. The van der Waals surface area contributed by atoms with Gasteiger partial charge in [0, 0.05) is 17.5 Å². The molecule has 134 valence electrons. The van der Waals surface area contributed by atoms with E-state index in [0.717, 1.165) is 11.8 Å². The van der Waals surface area contributed by atoms with Gasteiger partial charge < -0.3 is 5.32 Å². The molecule has 3 aromatic rings. The molecule has 0 radical (unpaired) electrons. The average Bonchev–Trinajstić information content (AvgIpc) is 3.07. The van der Waals surface area contributed by atoms with Gasteiger partial charge in [-0.1, -0.05) is 18.2 Å². The predicted octanol–water partition coefficient (Wildman–Crippen LogP) is 2.29. The summed E-state index contributed by atoms with van der Waals surface area (Å²) in [5.41, 5.74) is 2.61. The van der Waals surface area contributed by atoms with Crippen LogP contribution in [0.4, 0.5) is 5.69 Å². The highest BCUT2D eigenvalue weighted by molar-refractivity contribution is 7.90. The van der Waals surface area contributed by atoms with Gasteiger partial charge in [-0.05, 0) is 42.3 Å². The molecule has 0 atom stereocenters. The highest BCUT2D eigenvalue weighted by Crippen LogP contribution is 2.18. The molecule has 1 amide bonds. The van der Waals surface area contributed by atoms with Crippen molar-refractivity contribution in [2.45, 2.75) is 18.4 Å². The zero-order valence-electron chi connectivity index (χ0n) is 14.4. The third-order valence-corrected chi connectivity index (χ3v) is 4.99. The minimum absolute atomic E-state index is 0.119. The van der Waals surface area contributed by atoms with Crippen LogP contribution in [0.1, 0.15) is 21.5 Å². The molecule has 0 unspecified atom stereocenters. The highest BCUT2D eigenvalue weighted by Gasteiger charge is 2.14. The van der Waals surface area contributed by atoms with Gasteiger partial charge in [-0.15, -0.1) is 0 Å². The average molecular weight is 370 g/mol. The third-order valence-electron chi connectivity index (χ3n) is 3.88. The van der Waals surface area contributed by atoms with Crippen molar-refractivity contribution in [3.8, 4) is 0 Å². The van der Waals surface area contributed by atoms with Gasteiger partial charge in [0.25, 0.3) is 5.91 Å². The standard InChI is InChI=1S/C18H18N4O3S/c1-13-6-7-16(26(2,24)25)9-17(13)18(23)21-15-5-3-4-14(8-15)10-22-12-19-11-20-22/h3-9,11-12H,10H2,1-2H3,(H,21,23). The molecule has 0 aliphatic heterocycles. The molecule has 0 saturated carbocycles. The van der Waals surface area contributed by atoms with Crippen LogP contribution in [0.5, 0.6) is 0 Å². The summed E-state index contributed by atoms with van der Waals surface area (Å²) in [6, 6.07) is 11.9. The van der Waals surface area contributed by atoms with E-state index >= 15 is 0 Å². The fourth-order valence-electron chi connectivity index (χ4n) is 2.52. The van der Waals surface area contributed by atoms with E-state index in [2.05, 4.69) is 15.4 Å². The fraction of sp³-hybridized carbons (Fsp3) is 0.167. The van der Waals surface area contributed by atoms with E-state index in [-0.39, 0.29) is 10.8 Å². The van der Waals surface area contributed by atoms with Crippen molar-refractivity contribution in [1.29, 1.82) is 0 Å². The second kappa shape index (κ2) is 7.09. The molecule has 2 aromatic carbocycles. The number of rotatable bonds is 5. The molecule has 7 nitrogen and oxygen atoms in total. The molecule has 1 heterocycles. The summed E-state index contributed by atoms with van der Waals surface area (Å²) < 4.78 is 25.1. The van der Waals surface area contributed by atoms with Crippen LogP contribution in [-0.4, -0.2) is 35.3 Å². The molecule has 0 aliphatic rings. The maximum Gasteiger partial charge on any atom is 0.255 e. The van der Waals surface area contributed by atoms with Gasteiger partial charge in [0.1, 0.15) is 12.7 Å². The summed E-state index contributed by atoms with van der Waals surface area (Å²) in [6.07, 6.45) is 4.20. The Labute approximate surface area is 151 Å². The zero-order chi connectivity index (χ0) is 18.7. The van der Waals surface area contributed by atoms with Crippen LogP contribution in [0, 0.1) is 6.92 Å². The number of aryl methyl sites for hydroxylation is 1. The number of carbonyl (C=O) groups is 1. The minimum Gasteiger partial charge on any atom is -0.322 e. The van der Waals surface area contributed by atoms with E-state index < -0.39 is 9.84 Å². The number of carbonyl (C=O) groups excluding carboxylic acids is 1. The minimum atomic E-state index is -3.38. The Morgan fingerprint density at radius 1 is 1.19 bits per heavy atom. The molecule has 3 rings (SSSR count). The van der Waals surface area contributed by atoms with Crippen LogP contribution in [0.25, 0.3) is 0 Å². The van der Waals surface area contributed by atoms with Gasteiger partial charge >= 0.3 is 0 Å². The Bertz CT molecular complexity index is 1040. The zero-order valence-corrected chi connectivity index (χ0v) is 15.2. The van der Waals surface area contributed by atoms with E-state index in [4.69, 9.17) is 0 Å². The molecular formula is C18H18N4O3S. The van der Waals surface area contributed by atoms with Gasteiger partial charge in [0.2, 0.25) is 0 Å². The second-order valence-electron chi connectivity index (χ2n) is 6.00. The molecule has 0 fully saturated rings. The van der Waals surface area contributed by atoms with Crippen molar-refractivity contribution in [3.63, 3.8) is 0 Å². The highest BCUT2D eigenvalue weighted by atomic mass is 32.2. The Morgan fingerprint density at radius 2 is 2.00 bits per heavy atom. The topological polar surface area (TPSA) is 94.0 Å². The molecule has 26 heavy (non-hydrogen) atoms. The Hall–Kier alpha value is -3.00. The first-order chi connectivity index (χ1) is 12.3. The Balaban J connectivity index is 1.82. The summed E-state index contributed by atoms with van der Waals surface area (Å²) in [7, 11) is -3.38. The van der Waals surface area contributed by atoms with Gasteiger partial charge in [-0.25, -0.2) is 18.1 Å². The lowest BCUT2D eigenvalue weighted by molar-refractivity contribution is 0.102. The van der Waals surface area contributed by atoms with E-state index in [1.54, 1.807) is 30.1 Å². The summed E-state index contributed by atoms with van der Waals surface area (Å²) in [4.78, 5) is 16.6. The van der Waals surface area contributed by atoms with Crippen molar-refractivity contribution >= 4 is 21.4 Å². The van der Waals surface area contributed by atoms with Crippen molar-refractivity contribution in [3.05, 3.63) is 71.8 Å². The van der Waals surface area contributed by atoms with Gasteiger partial charge in [-0.3, -0.25) is 4.79 Å². The van der Waals surface area contributed by atoms with Crippen LogP contribution < -0.4 is 5.32 Å². The number of sulfone groups is 1. The number of nitrogens with zero attached hydrogens (tertiary/aromatic N) is 3. The number of hydrogen-bond acceptors (Lipinski definition) is 5. The summed E-state index contributed by atoms with van der Waals surface area (Å²) >= 11 is 0. The van der Waals surface area contributed by atoms with Crippen LogP contribution in [-0.2, 0) is 16.4 Å². The van der Waals surface area contributed by atoms with Gasteiger partial charge in [-0.2, -0.15) is 5.10 Å². The van der Waals surface area contributed by atoms with Gasteiger partial charge in [0.05, 0.1) is 11.4 Å². The van der Waals surface area contributed by atoms with Crippen LogP contribution in [0.2, 0.25) is 0 Å². The van der Waals surface area contributed by atoms with Gasteiger partial charge in [0.15, 0.2) is 9.84 Å². The van der Waals surface area contributed by atoms with Crippen molar-refractivity contribution < 1.29 is 13.2 Å². The quantitative estimate of drug-likeness (QED) is 0.744. The monoisotopic (exact) mass is 370 g/mol. The van der Waals surface area contributed by atoms with E-state index in [1.165, 1.54) is 18.5 Å². The smallest absolute Gasteiger partial charge is 0.255 e. The maximum absolute atomic E-state index is 12.6. The number of benzene rings is 2. The molecule has 1 N–H and O–H groups in total. The normalized spacial score (nSPS) is 11.3. The number of aromatic nitrogens is 3. The molecule has 0 saturated heterocycles. The molecule has 0 bridgehead atoms. The predicted molar refractivity (Wildman–Crippen MR) is 97.8 cm³/mol. The fourth-order valence-corrected chi connectivity index (χ4v) is 3.17. The maximum atomic E-state index is 12.6. The van der Waals surface area contributed by atoms with E-state index in [1.807, 2.05) is 18.2 Å². The van der Waals surface area contributed by atoms with Crippen molar-refractivity contribution in [2.24, 2.45) is 0 Å². The number of amides is 1. The lowest BCUT2D eigenvalue weighted by Gasteiger charge is -2.10. The lowest BCUT2D eigenvalue weighted by atomic mass is 10.1. The van der Waals surface area contributed by atoms with Crippen LogP contribution in [0.3, 0.4) is 0 Å². The first-order valence-corrected chi connectivity index (χ1v) is 9.75. The Kier molecular flexibility index (Phi) is 4.85. The molecule has 1 aromatic heterocycles. The molecular weight excluding hydrogens is 352 g/mol. The van der Waals surface area contributed by atoms with Crippen LogP contribution in [0.15, 0.2) is 60.0 Å². The largest absolute Gasteiger partial charge is 0.322 e. The number of anilines is 1. The SMILES string of the molecule is Cc1ccc(S(C)(=O)=O)cc1C(=O)Nc1cccc(Cn2cncn2)c1. The second-order valence-corrected chi connectivity index (χ2v) is 8.01.